The van der Waals surface area contributed by atoms with E-state index in [0.29, 0.717) is 16.9 Å². The first-order valence-corrected chi connectivity index (χ1v) is 10.3. The molecule has 0 aromatic heterocycles. The second-order valence-corrected chi connectivity index (χ2v) is 8.03. The molecule has 0 saturated carbocycles. The lowest BCUT2D eigenvalue weighted by Gasteiger charge is -2.29. The van der Waals surface area contributed by atoms with Gasteiger partial charge in [-0.2, -0.15) is 0 Å². The summed E-state index contributed by atoms with van der Waals surface area (Å²) in [4.78, 5) is 28.9. The van der Waals surface area contributed by atoms with Gasteiger partial charge in [0.1, 0.15) is 11.4 Å². The Bertz CT molecular complexity index is 1070. The highest BCUT2D eigenvalue weighted by Gasteiger charge is 2.34. The predicted molar refractivity (Wildman–Crippen MR) is 120 cm³/mol. The maximum absolute atomic E-state index is 14.8. The van der Waals surface area contributed by atoms with Crippen molar-refractivity contribution >= 4 is 46.6 Å². The fourth-order valence-electron chi connectivity index (χ4n) is 3.78. The summed E-state index contributed by atoms with van der Waals surface area (Å²) in [6, 6.07) is 10.4. The number of aryl methyl sites for hydroxylation is 2. The molecule has 2 heterocycles. The van der Waals surface area contributed by atoms with Crippen molar-refractivity contribution in [3.05, 3.63) is 64.5 Å². The molecule has 0 aliphatic carbocycles. The number of thiocarbonyl (C=S) groups is 1. The number of hydrogen-bond donors (Lipinski definition) is 1. The molecule has 2 aromatic rings. The van der Waals surface area contributed by atoms with Gasteiger partial charge in [0.15, 0.2) is 5.11 Å². The second-order valence-electron chi connectivity index (χ2n) is 7.65. The molecule has 2 fully saturated rings. The Morgan fingerprint density at radius 2 is 1.73 bits per heavy atom. The first-order valence-electron chi connectivity index (χ1n) is 9.88. The molecule has 5 nitrogen and oxygen atoms in total. The van der Waals surface area contributed by atoms with Gasteiger partial charge in [-0.1, -0.05) is 17.7 Å². The molecule has 0 radical (unpaired) electrons. The number of rotatable bonds is 3. The average molecular weight is 424 g/mol. The number of anilines is 2. The highest BCUT2D eigenvalue weighted by atomic mass is 32.1. The standard InChI is InChI=1S/C23H22FN3O2S/c1-14-5-7-17(8-6-14)27-22(29)18(21(28)25-23(27)30)12-16-13-19(24)20(11-15(16)2)26-9-3-4-10-26/h5-8,11-13H,3-4,9-10H2,1-2H3,(H,25,28,30). The lowest BCUT2D eigenvalue weighted by molar-refractivity contribution is -0.122. The van der Waals surface area contributed by atoms with Crippen molar-refractivity contribution in [2.75, 3.05) is 22.9 Å². The number of nitrogens with one attached hydrogen (secondary N) is 1. The fourth-order valence-corrected chi connectivity index (χ4v) is 4.06. The first kappa shape index (κ1) is 20.2. The van der Waals surface area contributed by atoms with Crippen molar-refractivity contribution in [3.8, 4) is 0 Å². The maximum atomic E-state index is 14.8. The second kappa shape index (κ2) is 7.99. The zero-order valence-corrected chi connectivity index (χ0v) is 17.7. The van der Waals surface area contributed by atoms with Gasteiger partial charge >= 0.3 is 0 Å². The van der Waals surface area contributed by atoms with Crippen LogP contribution in [0.5, 0.6) is 0 Å². The topological polar surface area (TPSA) is 52.7 Å². The first-order chi connectivity index (χ1) is 14.3. The third-order valence-corrected chi connectivity index (χ3v) is 5.76. The number of benzene rings is 2. The molecule has 154 valence electrons. The van der Waals surface area contributed by atoms with E-state index in [9.17, 15) is 14.0 Å². The minimum Gasteiger partial charge on any atom is -0.369 e. The maximum Gasteiger partial charge on any atom is 0.270 e. The summed E-state index contributed by atoms with van der Waals surface area (Å²) in [7, 11) is 0. The predicted octanol–water partition coefficient (Wildman–Crippen LogP) is 3.87. The van der Waals surface area contributed by atoms with Crippen LogP contribution in [0.1, 0.15) is 29.5 Å². The van der Waals surface area contributed by atoms with Crippen LogP contribution in [0.25, 0.3) is 6.08 Å². The molecule has 2 aliphatic rings. The molecule has 30 heavy (non-hydrogen) atoms. The van der Waals surface area contributed by atoms with Crippen LogP contribution in [-0.4, -0.2) is 30.0 Å². The van der Waals surface area contributed by atoms with E-state index < -0.39 is 11.8 Å². The Labute approximate surface area is 180 Å². The average Bonchev–Trinajstić information content (AvgIpc) is 3.23. The van der Waals surface area contributed by atoms with Crippen LogP contribution in [0.2, 0.25) is 0 Å². The Balaban J connectivity index is 1.70. The van der Waals surface area contributed by atoms with Crippen molar-refractivity contribution in [3.63, 3.8) is 0 Å². The van der Waals surface area contributed by atoms with E-state index in [1.165, 1.54) is 17.0 Å². The van der Waals surface area contributed by atoms with Gasteiger partial charge in [0.25, 0.3) is 11.8 Å². The lowest BCUT2D eigenvalue weighted by atomic mass is 10.0. The van der Waals surface area contributed by atoms with Gasteiger partial charge in [0, 0.05) is 13.1 Å². The van der Waals surface area contributed by atoms with Gasteiger partial charge in [-0.05, 0) is 80.4 Å². The van der Waals surface area contributed by atoms with E-state index in [4.69, 9.17) is 12.2 Å². The smallest absolute Gasteiger partial charge is 0.270 e. The molecular formula is C23H22FN3O2S. The normalized spacial score (nSPS) is 18.4. The molecule has 0 atom stereocenters. The van der Waals surface area contributed by atoms with Crippen LogP contribution >= 0.6 is 12.2 Å². The zero-order chi connectivity index (χ0) is 21.4. The molecule has 0 unspecified atom stereocenters. The Morgan fingerprint density at radius 1 is 1.07 bits per heavy atom. The molecule has 7 heteroatoms. The summed E-state index contributed by atoms with van der Waals surface area (Å²) < 4.78 is 14.8. The van der Waals surface area contributed by atoms with Crippen LogP contribution in [0.15, 0.2) is 42.0 Å². The minimum absolute atomic E-state index is 0.0262. The highest BCUT2D eigenvalue weighted by molar-refractivity contribution is 7.80. The quantitative estimate of drug-likeness (QED) is 0.463. The Hall–Kier alpha value is -3.06. The Kier molecular flexibility index (Phi) is 5.39. The number of carbonyl (C=O) groups is 2. The number of halogens is 1. The minimum atomic E-state index is -0.586. The third kappa shape index (κ3) is 3.73. The number of amides is 2. The molecule has 4 rings (SSSR count). The molecule has 2 aromatic carbocycles. The lowest BCUT2D eigenvalue weighted by Crippen LogP contribution is -2.54. The van der Waals surface area contributed by atoms with Gasteiger partial charge < -0.3 is 4.90 Å². The summed E-state index contributed by atoms with van der Waals surface area (Å²) in [6.07, 6.45) is 3.54. The van der Waals surface area contributed by atoms with Crippen LogP contribution < -0.4 is 15.1 Å². The summed E-state index contributed by atoms with van der Waals surface area (Å²) in [5.41, 5.74) is 3.37. The van der Waals surface area contributed by atoms with Gasteiger partial charge in [0.05, 0.1) is 11.4 Å². The summed E-state index contributed by atoms with van der Waals surface area (Å²) >= 11 is 5.22. The van der Waals surface area contributed by atoms with Crippen molar-refractivity contribution in [2.45, 2.75) is 26.7 Å². The van der Waals surface area contributed by atoms with E-state index in [1.807, 2.05) is 30.9 Å². The van der Waals surface area contributed by atoms with E-state index in [2.05, 4.69) is 5.32 Å². The van der Waals surface area contributed by atoms with Crippen molar-refractivity contribution in [1.29, 1.82) is 0 Å². The number of nitrogens with zero attached hydrogens (tertiary/aromatic N) is 2. The number of hydrogen-bond acceptors (Lipinski definition) is 4. The van der Waals surface area contributed by atoms with Gasteiger partial charge in [0.2, 0.25) is 0 Å². The van der Waals surface area contributed by atoms with Crippen molar-refractivity contribution in [2.24, 2.45) is 0 Å². The summed E-state index contributed by atoms with van der Waals surface area (Å²) in [5.74, 6) is -1.48. The monoisotopic (exact) mass is 423 g/mol. The molecule has 2 saturated heterocycles. The van der Waals surface area contributed by atoms with Crippen LogP contribution in [0.3, 0.4) is 0 Å². The van der Waals surface area contributed by atoms with Gasteiger partial charge in [-0.3, -0.25) is 19.8 Å². The van der Waals surface area contributed by atoms with E-state index >= 15 is 0 Å². The number of carbonyl (C=O) groups excluding carboxylic acids is 2. The van der Waals surface area contributed by atoms with E-state index in [1.54, 1.807) is 18.2 Å². The third-order valence-electron chi connectivity index (χ3n) is 5.48. The highest BCUT2D eigenvalue weighted by Crippen LogP contribution is 2.29. The van der Waals surface area contributed by atoms with Gasteiger partial charge in [-0.15, -0.1) is 0 Å². The molecule has 2 amide bonds. The zero-order valence-electron chi connectivity index (χ0n) is 16.9. The van der Waals surface area contributed by atoms with Gasteiger partial charge in [-0.25, -0.2) is 4.39 Å². The van der Waals surface area contributed by atoms with Crippen LogP contribution in [0.4, 0.5) is 15.8 Å². The Morgan fingerprint density at radius 3 is 2.40 bits per heavy atom. The van der Waals surface area contributed by atoms with E-state index in [0.717, 1.165) is 37.1 Å². The molecule has 0 spiro atoms. The SMILES string of the molecule is Cc1ccc(N2C(=O)C(=Cc3cc(F)c(N4CCCC4)cc3C)C(=O)NC2=S)cc1. The summed E-state index contributed by atoms with van der Waals surface area (Å²) in [5, 5.41) is 2.59. The fraction of sp³-hybridized carbons (Fsp3) is 0.261. The van der Waals surface area contributed by atoms with Crippen LogP contribution in [0, 0.1) is 19.7 Å². The molecule has 2 aliphatic heterocycles. The van der Waals surface area contributed by atoms with Crippen LogP contribution in [-0.2, 0) is 9.59 Å². The largest absolute Gasteiger partial charge is 0.369 e. The summed E-state index contributed by atoms with van der Waals surface area (Å²) in [6.45, 7) is 5.45. The van der Waals surface area contributed by atoms with Crippen molar-refractivity contribution in [1.82, 2.24) is 5.32 Å². The molecule has 1 N–H and O–H groups in total. The van der Waals surface area contributed by atoms with E-state index in [-0.39, 0.29) is 16.5 Å². The van der Waals surface area contributed by atoms with Crippen molar-refractivity contribution < 1.29 is 14.0 Å². The molecule has 0 bridgehead atoms. The molecular weight excluding hydrogens is 401 g/mol.